The van der Waals surface area contributed by atoms with E-state index in [-0.39, 0.29) is 5.69 Å². The van der Waals surface area contributed by atoms with Gasteiger partial charge in [0.15, 0.2) is 0 Å². The first-order chi connectivity index (χ1) is 12.1. The number of anilines is 1. The summed E-state index contributed by atoms with van der Waals surface area (Å²) in [5.74, 6) is 0. The number of nitro benzene ring substituents is 1. The van der Waals surface area contributed by atoms with Crippen molar-refractivity contribution >= 4 is 23.0 Å². The van der Waals surface area contributed by atoms with Gasteiger partial charge in [-0.3, -0.25) is 10.1 Å². The first kappa shape index (κ1) is 16.5. The third-order valence-corrected chi connectivity index (χ3v) is 4.32. The molecule has 0 fully saturated rings. The molecule has 0 N–H and O–H groups in total. The van der Waals surface area contributed by atoms with E-state index in [0.29, 0.717) is 11.1 Å². The number of allylic oxidation sites excluding steroid dienone is 2. The van der Waals surface area contributed by atoms with Crippen molar-refractivity contribution in [1.29, 1.82) is 5.26 Å². The average Bonchev–Trinajstić information content (AvgIpc) is 2.64. The number of fused-ring (bicyclic) bond motifs is 1. The maximum atomic E-state index is 10.8. The summed E-state index contributed by atoms with van der Waals surface area (Å²) < 4.78 is 0. The quantitative estimate of drug-likeness (QED) is 0.617. The second-order valence-electron chi connectivity index (χ2n) is 5.88. The highest BCUT2D eigenvalue weighted by Crippen LogP contribution is 2.33. The Kier molecular flexibility index (Phi) is 4.62. The molecule has 2 aromatic rings. The van der Waals surface area contributed by atoms with E-state index in [9.17, 15) is 15.4 Å². The molecule has 0 spiro atoms. The van der Waals surface area contributed by atoms with E-state index < -0.39 is 4.92 Å². The molecule has 0 saturated carbocycles. The second-order valence-corrected chi connectivity index (χ2v) is 5.88. The molecule has 0 atom stereocenters. The molecule has 0 saturated heterocycles. The van der Waals surface area contributed by atoms with E-state index >= 15 is 0 Å². The van der Waals surface area contributed by atoms with Crippen molar-refractivity contribution in [2.75, 3.05) is 18.5 Å². The number of hydrogen-bond donors (Lipinski definition) is 0. The summed E-state index contributed by atoms with van der Waals surface area (Å²) in [7, 11) is 2.08. The molecule has 124 valence electrons. The van der Waals surface area contributed by atoms with Gasteiger partial charge in [0.25, 0.3) is 5.69 Å². The van der Waals surface area contributed by atoms with Crippen LogP contribution in [0, 0.1) is 21.4 Å². The Hall–Kier alpha value is -3.39. The van der Waals surface area contributed by atoms with Crippen LogP contribution in [0.3, 0.4) is 0 Å². The molecule has 0 bridgehead atoms. The lowest BCUT2D eigenvalue weighted by Gasteiger charge is -2.29. The van der Waals surface area contributed by atoms with E-state index in [4.69, 9.17) is 0 Å². The highest BCUT2D eigenvalue weighted by molar-refractivity contribution is 5.81. The lowest BCUT2D eigenvalue weighted by Crippen LogP contribution is -2.23. The summed E-state index contributed by atoms with van der Waals surface area (Å²) in [6.07, 6.45) is 6.72. The Morgan fingerprint density at radius 1 is 1.28 bits per heavy atom. The fourth-order valence-corrected chi connectivity index (χ4v) is 2.96. The molecule has 1 aliphatic heterocycles. The van der Waals surface area contributed by atoms with Crippen LogP contribution in [0.4, 0.5) is 11.4 Å². The van der Waals surface area contributed by atoms with Gasteiger partial charge in [0, 0.05) is 37.0 Å². The van der Waals surface area contributed by atoms with Crippen molar-refractivity contribution in [3.8, 4) is 6.07 Å². The van der Waals surface area contributed by atoms with E-state index in [1.54, 1.807) is 6.07 Å². The molecule has 0 unspecified atom stereocenters. The molecule has 0 amide bonds. The van der Waals surface area contributed by atoms with Crippen LogP contribution >= 0.6 is 0 Å². The van der Waals surface area contributed by atoms with E-state index in [0.717, 1.165) is 13.0 Å². The number of nitriles is 1. The molecule has 2 aromatic carbocycles. The molecule has 5 nitrogen and oxygen atoms in total. The average molecular weight is 331 g/mol. The first-order valence-corrected chi connectivity index (χ1v) is 7.96. The zero-order valence-corrected chi connectivity index (χ0v) is 13.8. The molecular weight excluding hydrogens is 314 g/mol. The third kappa shape index (κ3) is 3.43. The van der Waals surface area contributed by atoms with Gasteiger partial charge in [0.05, 0.1) is 10.5 Å². The van der Waals surface area contributed by atoms with Crippen molar-refractivity contribution < 1.29 is 4.92 Å². The minimum atomic E-state index is -0.494. The van der Waals surface area contributed by atoms with Crippen molar-refractivity contribution in [3.63, 3.8) is 0 Å². The fraction of sp³-hybridized carbons (Fsp3) is 0.150. The Balaban J connectivity index is 1.89. The van der Waals surface area contributed by atoms with E-state index in [1.165, 1.54) is 29.0 Å². The van der Waals surface area contributed by atoms with Crippen LogP contribution in [0.15, 0.2) is 54.6 Å². The number of nitrogens with zero attached hydrogens (tertiary/aromatic N) is 3. The Bertz CT molecular complexity index is 923. The van der Waals surface area contributed by atoms with Crippen LogP contribution in [0.25, 0.3) is 11.6 Å². The van der Waals surface area contributed by atoms with Crippen LogP contribution in [0.2, 0.25) is 0 Å². The highest BCUT2D eigenvalue weighted by atomic mass is 16.6. The number of rotatable bonds is 3. The zero-order chi connectivity index (χ0) is 17.8. The second kappa shape index (κ2) is 7.02. The van der Waals surface area contributed by atoms with Crippen molar-refractivity contribution in [2.45, 2.75) is 6.42 Å². The van der Waals surface area contributed by atoms with Gasteiger partial charge in [0.2, 0.25) is 0 Å². The van der Waals surface area contributed by atoms with Crippen LogP contribution in [0.5, 0.6) is 0 Å². The third-order valence-electron chi connectivity index (χ3n) is 4.32. The first-order valence-electron chi connectivity index (χ1n) is 7.96. The summed E-state index contributed by atoms with van der Waals surface area (Å²) >= 11 is 0. The highest BCUT2D eigenvalue weighted by Gasteiger charge is 2.16. The Morgan fingerprint density at radius 3 is 2.84 bits per heavy atom. The molecule has 0 radical (unpaired) electrons. The number of para-hydroxylation sites is 1. The van der Waals surface area contributed by atoms with Crippen molar-refractivity contribution in [1.82, 2.24) is 0 Å². The molecule has 25 heavy (non-hydrogen) atoms. The van der Waals surface area contributed by atoms with Crippen LogP contribution in [-0.2, 0) is 0 Å². The minimum Gasteiger partial charge on any atom is -0.374 e. The minimum absolute atomic E-state index is 0.0729. The summed E-state index contributed by atoms with van der Waals surface area (Å²) in [6.45, 7) is 0.956. The maximum absolute atomic E-state index is 10.8. The Morgan fingerprint density at radius 2 is 2.08 bits per heavy atom. The van der Waals surface area contributed by atoms with Crippen LogP contribution in [0.1, 0.15) is 23.1 Å². The fourth-order valence-electron chi connectivity index (χ4n) is 2.96. The van der Waals surface area contributed by atoms with Crippen LogP contribution in [-0.4, -0.2) is 18.5 Å². The molecule has 0 aromatic heterocycles. The number of benzene rings is 2. The SMILES string of the molecule is CN1CCC(=CC=Cc2ccc([N+](=O)[O-])cc2C#N)c2ccccc21. The van der Waals surface area contributed by atoms with Gasteiger partial charge in [-0.2, -0.15) is 5.26 Å². The number of non-ortho nitro benzene ring substituents is 1. The smallest absolute Gasteiger partial charge is 0.270 e. The van der Waals surface area contributed by atoms with Crippen molar-refractivity contribution in [2.24, 2.45) is 0 Å². The van der Waals surface area contributed by atoms with Crippen LogP contribution < -0.4 is 4.90 Å². The molecule has 0 aliphatic carbocycles. The van der Waals surface area contributed by atoms with Gasteiger partial charge < -0.3 is 4.90 Å². The monoisotopic (exact) mass is 331 g/mol. The van der Waals surface area contributed by atoms with Gasteiger partial charge in [-0.05, 0) is 29.7 Å². The summed E-state index contributed by atoms with van der Waals surface area (Å²) in [5.41, 5.74) is 4.56. The maximum Gasteiger partial charge on any atom is 0.270 e. The largest absolute Gasteiger partial charge is 0.374 e. The van der Waals surface area contributed by atoms with E-state index in [1.807, 2.05) is 30.4 Å². The lowest BCUT2D eigenvalue weighted by atomic mass is 9.95. The van der Waals surface area contributed by atoms with Gasteiger partial charge in [-0.15, -0.1) is 0 Å². The predicted molar refractivity (Wildman–Crippen MR) is 99.2 cm³/mol. The topological polar surface area (TPSA) is 70.2 Å². The lowest BCUT2D eigenvalue weighted by molar-refractivity contribution is -0.384. The Labute approximate surface area is 146 Å². The molecule has 1 aliphatic rings. The number of nitro groups is 1. The normalized spacial score (nSPS) is 15.2. The molecule has 3 rings (SSSR count). The van der Waals surface area contributed by atoms with Gasteiger partial charge in [0.1, 0.15) is 6.07 Å². The standard InChI is InChI=1S/C20H17N3O2/c1-22-12-11-16(19-7-2-3-8-20(19)22)6-4-5-15-9-10-18(23(24)25)13-17(15)14-21/h2-10,13H,11-12H2,1H3. The predicted octanol–water partition coefficient (Wildman–Crippen LogP) is 4.40. The molecule has 5 heteroatoms. The van der Waals surface area contributed by atoms with E-state index in [2.05, 4.69) is 30.2 Å². The summed E-state index contributed by atoms with van der Waals surface area (Å²) in [6, 6.07) is 14.6. The van der Waals surface area contributed by atoms with Gasteiger partial charge in [-0.1, -0.05) is 36.4 Å². The van der Waals surface area contributed by atoms with Gasteiger partial charge >= 0.3 is 0 Å². The summed E-state index contributed by atoms with van der Waals surface area (Å²) in [5, 5.41) is 20.0. The molecular formula is C20H17N3O2. The zero-order valence-electron chi connectivity index (χ0n) is 13.8. The van der Waals surface area contributed by atoms with Crippen molar-refractivity contribution in [3.05, 3.63) is 81.4 Å². The van der Waals surface area contributed by atoms with Gasteiger partial charge in [-0.25, -0.2) is 0 Å². The summed E-state index contributed by atoms with van der Waals surface area (Å²) in [4.78, 5) is 12.6. The molecule has 1 heterocycles. The number of hydrogen-bond acceptors (Lipinski definition) is 4.